The maximum Gasteiger partial charge on any atom is 0.255 e. The Morgan fingerprint density at radius 2 is 1.92 bits per heavy atom. The van der Waals surface area contributed by atoms with Gasteiger partial charge in [-0.1, -0.05) is 18.2 Å². The van der Waals surface area contributed by atoms with Crippen molar-refractivity contribution in [2.24, 2.45) is 0 Å². The van der Waals surface area contributed by atoms with Crippen molar-refractivity contribution < 1.29 is 9.18 Å². The second-order valence-electron chi connectivity index (χ2n) is 5.62. The van der Waals surface area contributed by atoms with Gasteiger partial charge in [0, 0.05) is 35.4 Å². The van der Waals surface area contributed by atoms with Gasteiger partial charge in [0.05, 0.1) is 10.2 Å². The zero-order chi connectivity index (χ0) is 18.1. The summed E-state index contributed by atoms with van der Waals surface area (Å²) in [7, 11) is 0. The Morgan fingerprint density at radius 1 is 1.12 bits per heavy atom. The molecular weight excluding hydrogens is 399 g/mol. The molecule has 26 heavy (non-hydrogen) atoms. The van der Waals surface area contributed by atoms with Gasteiger partial charge in [-0.25, -0.2) is 14.4 Å². The van der Waals surface area contributed by atoms with E-state index in [1.807, 2.05) is 6.07 Å². The Kier molecular flexibility index (Phi) is 4.22. The van der Waals surface area contributed by atoms with E-state index < -0.39 is 5.82 Å². The lowest BCUT2D eigenvalue weighted by molar-refractivity contribution is 0.102. The third kappa shape index (κ3) is 3.21. The molecule has 0 fully saturated rings. The van der Waals surface area contributed by atoms with Crippen molar-refractivity contribution in [2.75, 3.05) is 5.32 Å². The molecule has 0 spiro atoms. The summed E-state index contributed by atoms with van der Waals surface area (Å²) < 4.78 is 16.8. The largest absolute Gasteiger partial charge is 0.322 e. The number of nitrogens with one attached hydrogen (secondary N) is 1. The van der Waals surface area contributed by atoms with Gasteiger partial charge in [-0.05, 0) is 46.3 Å². The summed E-state index contributed by atoms with van der Waals surface area (Å²) in [4.78, 5) is 20.8. The first-order valence-corrected chi connectivity index (χ1v) is 8.56. The monoisotopic (exact) mass is 410 g/mol. The molecule has 5 nitrogen and oxygen atoms in total. The van der Waals surface area contributed by atoms with E-state index in [1.54, 1.807) is 53.3 Å². The van der Waals surface area contributed by atoms with Crippen LogP contribution in [0.15, 0.2) is 71.6 Å². The topological polar surface area (TPSA) is 59.3 Å². The summed E-state index contributed by atoms with van der Waals surface area (Å²) >= 11 is 3.34. The van der Waals surface area contributed by atoms with Crippen LogP contribution in [-0.4, -0.2) is 20.3 Å². The van der Waals surface area contributed by atoms with Crippen LogP contribution >= 0.6 is 15.9 Å². The normalized spacial score (nSPS) is 10.8. The molecule has 2 aromatic heterocycles. The number of imidazole rings is 1. The second-order valence-corrected chi connectivity index (χ2v) is 6.54. The van der Waals surface area contributed by atoms with Gasteiger partial charge in [-0.3, -0.25) is 9.20 Å². The number of aromatic nitrogens is 3. The number of rotatable bonds is 3. The Bertz CT molecular complexity index is 1110. The fourth-order valence-corrected chi connectivity index (χ4v) is 2.90. The van der Waals surface area contributed by atoms with E-state index in [0.29, 0.717) is 22.7 Å². The number of nitrogens with zero attached hydrogens (tertiary/aromatic N) is 3. The quantitative estimate of drug-likeness (QED) is 0.538. The van der Waals surface area contributed by atoms with Gasteiger partial charge in [0.25, 0.3) is 5.91 Å². The van der Waals surface area contributed by atoms with Crippen LogP contribution in [0.4, 0.5) is 10.1 Å². The zero-order valence-corrected chi connectivity index (χ0v) is 14.9. The molecule has 2 aromatic carbocycles. The van der Waals surface area contributed by atoms with Gasteiger partial charge in [-0.2, -0.15) is 0 Å². The first-order valence-electron chi connectivity index (χ1n) is 7.77. The van der Waals surface area contributed by atoms with Crippen molar-refractivity contribution in [2.45, 2.75) is 0 Å². The second kappa shape index (κ2) is 6.68. The third-order valence-electron chi connectivity index (χ3n) is 3.81. The fourth-order valence-electron chi connectivity index (χ4n) is 2.58. The van der Waals surface area contributed by atoms with Gasteiger partial charge < -0.3 is 5.32 Å². The van der Waals surface area contributed by atoms with Crippen LogP contribution in [0.2, 0.25) is 0 Å². The van der Waals surface area contributed by atoms with Crippen LogP contribution in [0.3, 0.4) is 0 Å². The van der Waals surface area contributed by atoms with Crippen LogP contribution in [0.1, 0.15) is 10.4 Å². The molecule has 4 rings (SSSR count). The number of fused-ring (bicyclic) bond motifs is 1. The molecule has 4 aromatic rings. The summed E-state index contributed by atoms with van der Waals surface area (Å²) in [6, 6.07) is 13.2. The molecule has 1 N–H and O–H groups in total. The zero-order valence-electron chi connectivity index (χ0n) is 13.4. The summed E-state index contributed by atoms with van der Waals surface area (Å²) in [6.07, 6.45) is 5.10. The number of benzene rings is 2. The molecule has 0 unspecified atom stereocenters. The lowest BCUT2D eigenvalue weighted by Crippen LogP contribution is -2.11. The molecule has 0 aliphatic rings. The summed E-state index contributed by atoms with van der Waals surface area (Å²) in [6.45, 7) is 0. The molecule has 0 saturated carbocycles. The molecule has 0 atom stereocenters. The summed E-state index contributed by atoms with van der Waals surface area (Å²) in [5.74, 6) is -0.227. The number of carbonyl (C=O) groups is 1. The first kappa shape index (κ1) is 16.4. The maximum atomic E-state index is 14.3. The van der Waals surface area contributed by atoms with Crippen molar-refractivity contribution in [3.8, 4) is 11.3 Å². The van der Waals surface area contributed by atoms with Crippen LogP contribution in [0, 0.1) is 5.82 Å². The van der Waals surface area contributed by atoms with Crippen molar-refractivity contribution >= 4 is 33.3 Å². The van der Waals surface area contributed by atoms with E-state index >= 15 is 0 Å². The summed E-state index contributed by atoms with van der Waals surface area (Å²) in [5.41, 5.74) is 1.74. The van der Waals surface area contributed by atoms with Crippen LogP contribution in [-0.2, 0) is 0 Å². The van der Waals surface area contributed by atoms with Crippen LogP contribution in [0.25, 0.3) is 17.0 Å². The lowest BCUT2D eigenvalue weighted by Gasteiger charge is -2.07. The Balaban J connectivity index is 1.68. The number of halogens is 2. The number of carbonyl (C=O) groups excluding carboxylic acids is 1. The highest BCUT2D eigenvalue weighted by molar-refractivity contribution is 9.10. The van der Waals surface area contributed by atoms with Gasteiger partial charge in [0.15, 0.2) is 0 Å². The highest BCUT2D eigenvalue weighted by atomic mass is 79.9. The van der Waals surface area contributed by atoms with Gasteiger partial charge >= 0.3 is 0 Å². The van der Waals surface area contributed by atoms with E-state index in [-0.39, 0.29) is 11.5 Å². The van der Waals surface area contributed by atoms with E-state index in [2.05, 4.69) is 31.2 Å². The average molecular weight is 411 g/mol. The molecule has 7 heteroatoms. The third-order valence-corrected chi connectivity index (χ3v) is 4.22. The first-order chi connectivity index (χ1) is 12.6. The molecule has 0 radical (unpaired) electrons. The van der Waals surface area contributed by atoms with Gasteiger partial charge in [0.1, 0.15) is 5.82 Å². The number of anilines is 1. The molecular formula is C19H12BrFN4O. The molecule has 0 aliphatic carbocycles. The minimum atomic E-state index is -0.426. The molecule has 0 bridgehead atoms. The molecule has 128 valence electrons. The van der Waals surface area contributed by atoms with E-state index in [0.717, 1.165) is 4.47 Å². The summed E-state index contributed by atoms with van der Waals surface area (Å²) in [5, 5.41) is 2.78. The SMILES string of the molecule is O=C(Nc1ccc(F)c(-c2cn3cc(Br)cnc3n2)c1)c1ccccc1. The lowest BCUT2D eigenvalue weighted by atomic mass is 10.1. The van der Waals surface area contributed by atoms with E-state index in [4.69, 9.17) is 0 Å². The minimum Gasteiger partial charge on any atom is -0.322 e. The van der Waals surface area contributed by atoms with Crippen LogP contribution in [0.5, 0.6) is 0 Å². The maximum absolute atomic E-state index is 14.3. The van der Waals surface area contributed by atoms with Crippen molar-refractivity contribution in [3.05, 3.63) is 83.0 Å². The van der Waals surface area contributed by atoms with E-state index in [1.165, 1.54) is 12.1 Å². The molecule has 0 saturated heterocycles. The Morgan fingerprint density at radius 3 is 2.73 bits per heavy atom. The van der Waals surface area contributed by atoms with Gasteiger partial charge in [-0.15, -0.1) is 0 Å². The number of hydrogen-bond acceptors (Lipinski definition) is 3. The van der Waals surface area contributed by atoms with Gasteiger partial charge in [0.2, 0.25) is 5.78 Å². The molecule has 1 amide bonds. The highest BCUT2D eigenvalue weighted by Crippen LogP contribution is 2.26. The minimum absolute atomic E-state index is 0.260. The van der Waals surface area contributed by atoms with Crippen molar-refractivity contribution in [1.29, 1.82) is 0 Å². The molecule has 2 heterocycles. The molecule has 0 aliphatic heterocycles. The fraction of sp³-hybridized carbons (Fsp3) is 0. The van der Waals surface area contributed by atoms with E-state index in [9.17, 15) is 9.18 Å². The van der Waals surface area contributed by atoms with Crippen molar-refractivity contribution in [1.82, 2.24) is 14.4 Å². The predicted molar refractivity (Wildman–Crippen MR) is 100 cm³/mol. The number of hydrogen-bond donors (Lipinski definition) is 1. The van der Waals surface area contributed by atoms with Crippen molar-refractivity contribution in [3.63, 3.8) is 0 Å². The smallest absolute Gasteiger partial charge is 0.255 e. The van der Waals surface area contributed by atoms with Crippen LogP contribution < -0.4 is 5.32 Å². The standard InChI is InChI=1S/C19H12BrFN4O/c20-13-9-22-19-24-17(11-25(19)10-13)15-8-14(6-7-16(15)21)23-18(26)12-4-2-1-3-5-12/h1-11H,(H,23,26). The number of amides is 1. The average Bonchev–Trinajstić information content (AvgIpc) is 3.07. The highest BCUT2D eigenvalue weighted by Gasteiger charge is 2.13. The predicted octanol–water partition coefficient (Wildman–Crippen LogP) is 4.55. The Labute approximate surface area is 156 Å². The Hall–Kier alpha value is -3.06.